The van der Waals surface area contributed by atoms with Crippen molar-refractivity contribution in [2.75, 3.05) is 6.54 Å². The SMILES string of the molecule is Cl.NCC(O)c1c[nH]c2ccccc12. The van der Waals surface area contributed by atoms with Gasteiger partial charge in [0.2, 0.25) is 0 Å². The van der Waals surface area contributed by atoms with Crippen LogP contribution in [0.4, 0.5) is 0 Å². The van der Waals surface area contributed by atoms with E-state index in [4.69, 9.17) is 5.73 Å². The number of benzene rings is 1. The molecule has 2 aromatic rings. The number of aliphatic hydroxyl groups excluding tert-OH is 1. The van der Waals surface area contributed by atoms with Crippen molar-refractivity contribution >= 4 is 23.3 Å². The highest BCUT2D eigenvalue weighted by atomic mass is 35.5. The van der Waals surface area contributed by atoms with E-state index in [2.05, 4.69) is 4.98 Å². The maximum Gasteiger partial charge on any atom is 0.0932 e. The minimum atomic E-state index is -0.573. The van der Waals surface area contributed by atoms with Gasteiger partial charge in [-0.3, -0.25) is 0 Å². The first-order valence-electron chi connectivity index (χ1n) is 4.27. The summed E-state index contributed by atoms with van der Waals surface area (Å²) in [5.41, 5.74) is 7.30. The first kappa shape index (κ1) is 11.0. The van der Waals surface area contributed by atoms with Crippen LogP contribution in [0.15, 0.2) is 30.5 Å². The second-order valence-corrected chi connectivity index (χ2v) is 3.04. The van der Waals surface area contributed by atoms with Gasteiger partial charge in [-0.1, -0.05) is 18.2 Å². The molecule has 1 aromatic heterocycles. The number of halogens is 1. The Morgan fingerprint density at radius 3 is 2.79 bits per heavy atom. The fourth-order valence-corrected chi connectivity index (χ4v) is 1.50. The molecule has 4 N–H and O–H groups in total. The van der Waals surface area contributed by atoms with E-state index in [1.54, 1.807) is 0 Å². The first-order chi connectivity index (χ1) is 6.33. The number of aromatic amines is 1. The summed E-state index contributed by atoms with van der Waals surface area (Å²) < 4.78 is 0. The van der Waals surface area contributed by atoms with Crippen molar-refractivity contribution in [2.24, 2.45) is 5.73 Å². The molecular formula is C10H13ClN2O. The zero-order valence-corrected chi connectivity index (χ0v) is 8.42. The molecule has 76 valence electrons. The second kappa shape index (κ2) is 4.46. The monoisotopic (exact) mass is 212 g/mol. The number of aromatic nitrogens is 1. The summed E-state index contributed by atoms with van der Waals surface area (Å²) in [7, 11) is 0. The van der Waals surface area contributed by atoms with E-state index in [9.17, 15) is 5.11 Å². The summed E-state index contributed by atoms with van der Waals surface area (Å²) in [5, 5.41) is 10.6. The molecule has 14 heavy (non-hydrogen) atoms. The van der Waals surface area contributed by atoms with Crippen molar-refractivity contribution in [3.8, 4) is 0 Å². The summed E-state index contributed by atoms with van der Waals surface area (Å²) in [6, 6.07) is 7.85. The van der Waals surface area contributed by atoms with Crippen molar-refractivity contribution in [1.82, 2.24) is 4.98 Å². The van der Waals surface area contributed by atoms with Crippen LogP contribution in [0.1, 0.15) is 11.7 Å². The van der Waals surface area contributed by atoms with Crippen LogP contribution >= 0.6 is 12.4 Å². The van der Waals surface area contributed by atoms with Gasteiger partial charge in [-0.25, -0.2) is 0 Å². The fourth-order valence-electron chi connectivity index (χ4n) is 1.50. The van der Waals surface area contributed by atoms with Crippen LogP contribution in [0.3, 0.4) is 0 Å². The number of aliphatic hydroxyl groups is 1. The lowest BCUT2D eigenvalue weighted by molar-refractivity contribution is 0.188. The number of hydrogen-bond acceptors (Lipinski definition) is 2. The lowest BCUT2D eigenvalue weighted by Gasteiger charge is -2.04. The average Bonchev–Trinajstić information content (AvgIpc) is 2.60. The Hall–Kier alpha value is -1.03. The quantitative estimate of drug-likeness (QED) is 0.708. The number of H-pyrrole nitrogens is 1. The number of para-hydroxylation sites is 1. The van der Waals surface area contributed by atoms with E-state index in [1.807, 2.05) is 30.5 Å². The largest absolute Gasteiger partial charge is 0.387 e. The van der Waals surface area contributed by atoms with E-state index in [0.717, 1.165) is 16.5 Å². The molecule has 4 heteroatoms. The highest BCUT2D eigenvalue weighted by molar-refractivity contribution is 5.85. The van der Waals surface area contributed by atoms with E-state index >= 15 is 0 Å². The number of hydrogen-bond donors (Lipinski definition) is 3. The van der Waals surface area contributed by atoms with Gasteiger partial charge in [0.1, 0.15) is 0 Å². The summed E-state index contributed by atoms with van der Waals surface area (Å²) in [6.07, 6.45) is 1.23. The lowest BCUT2D eigenvalue weighted by Crippen LogP contribution is -2.10. The standard InChI is InChI=1S/C10H12N2O.ClH/c11-5-10(13)8-6-12-9-4-2-1-3-7(8)9;/h1-4,6,10,12-13H,5,11H2;1H. The van der Waals surface area contributed by atoms with Crippen molar-refractivity contribution < 1.29 is 5.11 Å². The van der Waals surface area contributed by atoms with E-state index in [0.29, 0.717) is 0 Å². The zero-order chi connectivity index (χ0) is 9.26. The smallest absolute Gasteiger partial charge is 0.0932 e. The van der Waals surface area contributed by atoms with Gasteiger partial charge in [0, 0.05) is 29.2 Å². The van der Waals surface area contributed by atoms with Gasteiger partial charge < -0.3 is 15.8 Å². The summed E-state index contributed by atoms with van der Waals surface area (Å²) in [5.74, 6) is 0. The summed E-state index contributed by atoms with van der Waals surface area (Å²) >= 11 is 0. The molecule has 0 amide bonds. The third-order valence-corrected chi connectivity index (χ3v) is 2.20. The minimum Gasteiger partial charge on any atom is -0.387 e. The van der Waals surface area contributed by atoms with Gasteiger partial charge in [-0.05, 0) is 6.07 Å². The van der Waals surface area contributed by atoms with E-state index in [1.165, 1.54) is 0 Å². The molecule has 1 atom stereocenters. The molecule has 0 bridgehead atoms. The van der Waals surface area contributed by atoms with Crippen LogP contribution in [0.2, 0.25) is 0 Å². The second-order valence-electron chi connectivity index (χ2n) is 3.04. The van der Waals surface area contributed by atoms with E-state index in [-0.39, 0.29) is 19.0 Å². The number of fused-ring (bicyclic) bond motifs is 1. The number of rotatable bonds is 2. The van der Waals surface area contributed by atoms with Gasteiger partial charge in [0.15, 0.2) is 0 Å². The molecule has 1 heterocycles. The average molecular weight is 213 g/mol. The van der Waals surface area contributed by atoms with Gasteiger partial charge in [-0.2, -0.15) is 0 Å². The zero-order valence-electron chi connectivity index (χ0n) is 7.60. The van der Waals surface area contributed by atoms with Crippen molar-refractivity contribution in [2.45, 2.75) is 6.10 Å². The van der Waals surface area contributed by atoms with Crippen LogP contribution in [0, 0.1) is 0 Å². The molecular weight excluding hydrogens is 200 g/mol. The molecule has 0 saturated heterocycles. The first-order valence-corrected chi connectivity index (χ1v) is 4.27. The Morgan fingerprint density at radius 2 is 2.07 bits per heavy atom. The summed E-state index contributed by atoms with van der Waals surface area (Å²) in [4.78, 5) is 3.09. The Kier molecular flexibility index (Phi) is 3.52. The van der Waals surface area contributed by atoms with Crippen molar-refractivity contribution in [1.29, 1.82) is 0 Å². The number of nitrogens with one attached hydrogen (secondary N) is 1. The molecule has 1 aromatic carbocycles. The van der Waals surface area contributed by atoms with Crippen LogP contribution in [-0.2, 0) is 0 Å². The third kappa shape index (κ3) is 1.75. The predicted molar refractivity (Wildman–Crippen MR) is 59.6 cm³/mol. The van der Waals surface area contributed by atoms with Crippen LogP contribution < -0.4 is 5.73 Å². The van der Waals surface area contributed by atoms with Gasteiger partial charge in [0.05, 0.1) is 6.10 Å². The van der Waals surface area contributed by atoms with Crippen LogP contribution in [-0.4, -0.2) is 16.6 Å². The van der Waals surface area contributed by atoms with Crippen molar-refractivity contribution in [3.05, 3.63) is 36.0 Å². The molecule has 1 unspecified atom stereocenters. The van der Waals surface area contributed by atoms with Crippen LogP contribution in [0.5, 0.6) is 0 Å². The Balaban J connectivity index is 0.000000980. The van der Waals surface area contributed by atoms with Crippen molar-refractivity contribution in [3.63, 3.8) is 0 Å². The molecule has 3 nitrogen and oxygen atoms in total. The van der Waals surface area contributed by atoms with Gasteiger partial charge in [-0.15, -0.1) is 12.4 Å². The molecule has 0 aliphatic heterocycles. The van der Waals surface area contributed by atoms with Gasteiger partial charge in [0.25, 0.3) is 0 Å². The highest BCUT2D eigenvalue weighted by Crippen LogP contribution is 2.22. The Morgan fingerprint density at radius 1 is 1.36 bits per heavy atom. The third-order valence-electron chi connectivity index (χ3n) is 2.20. The van der Waals surface area contributed by atoms with Crippen LogP contribution in [0.25, 0.3) is 10.9 Å². The molecule has 0 radical (unpaired) electrons. The lowest BCUT2D eigenvalue weighted by atomic mass is 10.1. The fraction of sp³-hybridized carbons (Fsp3) is 0.200. The predicted octanol–water partition coefficient (Wildman–Crippen LogP) is 1.58. The van der Waals surface area contributed by atoms with Gasteiger partial charge >= 0.3 is 0 Å². The maximum atomic E-state index is 9.57. The normalized spacial score (nSPS) is 12.4. The molecule has 0 spiro atoms. The molecule has 0 fully saturated rings. The molecule has 0 aliphatic carbocycles. The minimum absolute atomic E-state index is 0. The topological polar surface area (TPSA) is 62.0 Å². The maximum absolute atomic E-state index is 9.57. The Labute approximate surface area is 88.3 Å². The molecule has 0 aliphatic rings. The molecule has 0 saturated carbocycles. The Bertz CT molecular complexity index is 413. The highest BCUT2D eigenvalue weighted by Gasteiger charge is 2.09. The van der Waals surface area contributed by atoms with E-state index < -0.39 is 6.10 Å². The number of nitrogens with two attached hydrogens (primary N) is 1. The molecule has 2 rings (SSSR count). The summed E-state index contributed by atoms with van der Waals surface area (Å²) in [6.45, 7) is 0.252.